The van der Waals surface area contributed by atoms with Gasteiger partial charge in [-0.25, -0.2) is 23.6 Å². The molecule has 208 valence electrons. The Morgan fingerprint density at radius 2 is 1.93 bits per heavy atom. The Hall–Kier alpha value is -4.49. The molecule has 0 radical (unpaired) electrons. The van der Waals surface area contributed by atoms with Crippen molar-refractivity contribution in [3.05, 3.63) is 83.0 Å². The number of benzene rings is 2. The first-order valence-electron chi connectivity index (χ1n) is 12.4. The zero-order chi connectivity index (χ0) is 29.1. The van der Waals surface area contributed by atoms with Crippen LogP contribution in [0.5, 0.6) is 5.75 Å². The first-order chi connectivity index (χ1) is 19.7. The summed E-state index contributed by atoms with van der Waals surface area (Å²) in [6.07, 6.45) is 1.19. The summed E-state index contributed by atoms with van der Waals surface area (Å²) in [4.78, 5) is 12.2. The second-order valence-electron chi connectivity index (χ2n) is 9.47. The lowest BCUT2D eigenvalue weighted by Gasteiger charge is -2.17. The number of hydrogen-bond acceptors (Lipinski definition) is 9. The summed E-state index contributed by atoms with van der Waals surface area (Å²) in [7, 11) is 0. The zero-order valence-corrected chi connectivity index (χ0v) is 22.8. The number of rotatable bonds is 8. The highest BCUT2D eigenvalue weighted by Crippen LogP contribution is 2.42. The van der Waals surface area contributed by atoms with E-state index in [1.165, 1.54) is 24.1 Å². The Labute approximate surface area is 238 Å². The quantitative estimate of drug-likeness (QED) is 0.185. The monoisotopic (exact) mass is 575 g/mol. The minimum atomic E-state index is -1.01. The van der Waals surface area contributed by atoms with E-state index in [1.54, 1.807) is 24.3 Å². The number of oxazole rings is 1. The Bertz CT molecular complexity index is 1680. The van der Waals surface area contributed by atoms with Crippen molar-refractivity contribution in [3.63, 3.8) is 0 Å². The van der Waals surface area contributed by atoms with Crippen LogP contribution < -0.4 is 10.5 Å². The Morgan fingerprint density at radius 3 is 2.59 bits per heavy atom. The number of nitrogen functional groups attached to an aromatic ring is 1. The van der Waals surface area contributed by atoms with Crippen LogP contribution in [0, 0.1) is 29.5 Å². The second-order valence-corrected chi connectivity index (χ2v) is 10.4. The minimum Gasteiger partial charge on any atom is -0.491 e. The molecule has 1 aliphatic rings. The lowest BCUT2D eigenvalue weighted by Crippen LogP contribution is -2.25. The average molecular weight is 576 g/mol. The maximum atomic E-state index is 13.6. The van der Waals surface area contributed by atoms with Crippen molar-refractivity contribution in [1.29, 1.82) is 5.26 Å². The molecular formula is C29H23F2N5O4S. The molecule has 2 aromatic heterocycles. The van der Waals surface area contributed by atoms with Crippen LogP contribution >= 0.6 is 11.8 Å². The van der Waals surface area contributed by atoms with Gasteiger partial charge in [0.2, 0.25) is 11.6 Å². The maximum Gasteiger partial charge on any atom is 0.236 e. The lowest BCUT2D eigenvalue weighted by atomic mass is 10.00. The topological polar surface area (TPSA) is 121 Å². The van der Waals surface area contributed by atoms with E-state index in [-0.39, 0.29) is 40.4 Å². The molecule has 0 amide bonds. The molecule has 0 saturated carbocycles. The van der Waals surface area contributed by atoms with E-state index in [9.17, 15) is 14.0 Å². The maximum absolute atomic E-state index is 13.6. The van der Waals surface area contributed by atoms with Crippen LogP contribution in [0.3, 0.4) is 0 Å². The Morgan fingerprint density at radius 1 is 1.17 bits per heavy atom. The van der Waals surface area contributed by atoms with E-state index < -0.39 is 17.4 Å². The van der Waals surface area contributed by atoms with Gasteiger partial charge in [0.05, 0.1) is 24.4 Å². The van der Waals surface area contributed by atoms with Crippen LogP contribution in [-0.2, 0) is 15.2 Å². The van der Waals surface area contributed by atoms with Gasteiger partial charge in [-0.05, 0) is 49.7 Å². The minimum absolute atomic E-state index is 0.0135. The van der Waals surface area contributed by atoms with E-state index >= 15 is 0 Å². The predicted octanol–water partition coefficient (Wildman–Crippen LogP) is 6.51. The molecule has 0 spiro atoms. The summed E-state index contributed by atoms with van der Waals surface area (Å²) in [5.74, 6) is -1.69. The number of pyridine rings is 1. The molecule has 1 fully saturated rings. The third-order valence-electron chi connectivity index (χ3n) is 6.11. The molecule has 5 rings (SSSR count). The second kappa shape index (κ2) is 11.6. The number of nitriles is 1. The number of nitrogens with zero attached hydrogens (tertiary/aromatic N) is 4. The number of hydrogen-bond donors (Lipinski definition) is 1. The van der Waals surface area contributed by atoms with Gasteiger partial charge < -0.3 is 24.4 Å². The van der Waals surface area contributed by atoms with Crippen molar-refractivity contribution in [3.8, 4) is 34.4 Å². The molecule has 1 saturated heterocycles. The van der Waals surface area contributed by atoms with Gasteiger partial charge in [-0.3, -0.25) is 0 Å². The largest absolute Gasteiger partial charge is 0.491 e. The molecule has 2 N–H and O–H groups in total. The average Bonchev–Trinajstić information content (AvgIpc) is 3.58. The van der Waals surface area contributed by atoms with Crippen LogP contribution in [0.1, 0.15) is 25.1 Å². The summed E-state index contributed by atoms with van der Waals surface area (Å²) in [6, 6.07) is 12.5. The number of nitrogens with two attached hydrogens (primary N) is 1. The van der Waals surface area contributed by atoms with Crippen LogP contribution in [-0.4, -0.2) is 35.1 Å². The highest BCUT2D eigenvalue weighted by atomic mass is 32.2. The molecule has 1 aliphatic heterocycles. The highest BCUT2D eigenvalue weighted by molar-refractivity contribution is 7.98. The summed E-state index contributed by atoms with van der Waals surface area (Å²) in [6.45, 7) is 12.1. The number of halogens is 2. The van der Waals surface area contributed by atoms with Gasteiger partial charge in [0.25, 0.3) is 0 Å². The molecule has 4 aromatic rings. The number of thioether (sulfide) groups is 1. The van der Waals surface area contributed by atoms with E-state index in [0.29, 0.717) is 40.8 Å². The fourth-order valence-corrected chi connectivity index (χ4v) is 5.08. The molecule has 2 aromatic carbocycles. The van der Waals surface area contributed by atoms with Crippen molar-refractivity contribution in [2.75, 3.05) is 18.9 Å². The zero-order valence-electron chi connectivity index (χ0n) is 22.0. The fraction of sp³-hybridized carbons (Fsp3) is 0.241. The Kier molecular flexibility index (Phi) is 7.90. The van der Waals surface area contributed by atoms with E-state index in [2.05, 4.69) is 20.9 Å². The van der Waals surface area contributed by atoms with Crippen LogP contribution in [0.4, 0.5) is 20.3 Å². The van der Waals surface area contributed by atoms with Crippen LogP contribution in [0.2, 0.25) is 0 Å². The molecule has 41 heavy (non-hydrogen) atoms. The van der Waals surface area contributed by atoms with E-state index in [4.69, 9.17) is 30.9 Å². The van der Waals surface area contributed by atoms with E-state index in [0.717, 1.165) is 12.1 Å². The van der Waals surface area contributed by atoms with Crippen molar-refractivity contribution in [2.45, 2.75) is 36.5 Å². The third-order valence-corrected chi connectivity index (χ3v) is 7.12. The molecule has 1 atom stereocenters. The van der Waals surface area contributed by atoms with Gasteiger partial charge in [0.15, 0.2) is 17.4 Å². The lowest BCUT2D eigenvalue weighted by molar-refractivity contribution is -0.141. The standard InChI is InChI=1S/C29H23F2N5O4S/c1-29(2)39-14-20(40-29)13-37-19-7-4-16(5-8-19)24-21(11-32)28(36-26(33)25(24)34-3)41-15-18-12-38-27(35-18)17-6-9-22(30)23(31)10-17/h4-10,12,20H,13-15H2,1-2H3,(H2,33,36)/t20-/m0/s1. The fourth-order valence-electron chi connectivity index (χ4n) is 4.20. The smallest absolute Gasteiger partial charge is 0.236 e. The van der Waals surface area contributed by atoms with Gasteiger partial charge >= 0.3 is 0 Å². The van der Waals surface area contributed by atoms with Crippen molar-refractivity contribution < 1.29 is 27.4 Å². The van der Waals surface area contributed by atoms with Crippen molar-refractivity contribution >= 4 is 23.3 Å². The molecular weight excluding hydrogens is 552 g/mol. The number of ether oxygens (including phenoxy) is 3. The van der Waals surface area contributed by atoms with Crippen molar-refractivity contribution in [1.82, 2.24) is 9.97 Å². The summed E-state index contributed by atoms with van der Waals surface area (Å²) >= 11 is 1.18. The highest BCUT2D eigenvalue weighted by Gasteiger charge is 2.33. The molecule has 9 nitrogen and oxygen atoms in total. The number of aromatic nitrogens is 2. The third kappa shape index (κ3) is 6.15. The van der Waals surface area contributed by atoms with Gasteiger partial charge in [0.1, 0.15) is 41.6 Å². The van der Waals surface area contributed by atoms with Gasteiger partial charge in [-0.2, -0.15) is 5.26 Å². The summed E-state index contributed by atoms with van der Waals surface area (Å²) < 4.78 is 49.5. The predicted molar refractivity (Wildman–Crippen MR) is 147 cm³/mol. The van der Waals surface area contributed by atoms with Crippen LogP contribution in [0.15, 0.2) is 58.2 Å². The molecule has 3 heterocycles. The molecule has 12 heteroatoms. The van der Waals surface area contributed by atoms with Crippen LogP contribution in [0.25, 0.3) is 27.4 Å². The normalized spacial score (nSPS) is 15.8. The van der Waals surface area contributed by atoms with Gasteiger partial charge in [0, 0.05) is 16.9 Å². The van der Waals surface area contributed by atoms with E-state index in [1.807, 2.05) is 13.8 Å². The van der Waals surface area contributed by atoms with Crippen molar-refractivity contribution in [2.24, 2.45) is 0 Å². The van der Waals surface area contributed by atoms with Gasteiger partial charge in [-0.15, -0.1) is 0 Å². The first-order valence-corrected chi connectivity index (χ1v) is 13.3. The first kappa shape index (κ1) is 28.1. The molecule has 0 aliphatic carbocycles. The SMILES string of the molecule is [C-]#[N+]c1c(N)nc(SCc2coc(-c3ccc(F)c(F)c3)n2)c(C#N)c1-c1ccc(OC[C@H]2COC(C)(C)O2)cc1. The molecule has 0 unspecified atom stereocenters. The number of anilines is 1. The Balaban J connectivity index is 1.35. The summed E-state index contributed by atoms with van der Waals surface area (Å²) in [5.41, 5.74) is 8.12. The summed E-state index contributed by atoms with van der Waals surface area (Å²) in [5, 5.41) is 10.4. The van der Waals surface area contributed by atoms with Gasteiger partial charge in [-0.1, -0.05) is 23.9 Å². The molecule has 0 bridgehead atoms.